The van der Waals surface area contributed by atoms with E-state index in [1.54, 1.807) is 26.6 Å². The van der Waals surface area contributed by atoms with Crippen LogP contribution < -0.4 is 10.8 Å². The number of aromatic nitrogens is 3. The van der Waals surface area contributed by atoms with Gasteiger partial charge in [-0.15, -0.1) is 0 Å². The van der Waals surface area contributed by atoms with Gasteiger partial charge in [0.05, 0.1) is 23.3 Å². The van der Waals surface area contributed by atoms with E-state index in [4.69, 9.17) is 0 Å². The maximum Gasteiger partial charge on any atom is 0.303 e. The molecule has 0 radical (unpaired) electrons. The Morgan fingerprint density at radius 3 is 2.38 bits per heavy atom. The zero-order valence-electron chi connectivity index (χ0n) is 20.3. The highest BCUT2D eigenvalue weighted by Gasteiger charge is 2.49. The van der Waals surface area contributed by atoms with Gasteiger partial charge in [0.25, 0.3) is 0 Å². The summed E-state index contributed by atoms with van der Waals surface area (Å²) >= 11 is 0. The lowest BCUT2D eigenvalue weighted by Crippen LogP contribution is -2.41. The molecule has 2 atom stereocenters. The Bertz CT molecular complexity index is 1280. The molecule has 0 amide bonds. The number of nitrogens with one attached hydrogen (secondary N) is 1. The molecule has 0 fully saturated rings. The molecule has 2 N–H and O–H groups in total. The van der Waals surface area contributed by atoms with Crippen molar-refractivity contribution in [2.45, 2.75) is 64.8 Å². The molecular weight excluding hydrogens is 464 g/mol. The van der Waals surface area contributed by atoms with E-state index < -0.39 is 36.1 Å². The zero-order valence-corrected chi connectivity index (χ0v) is 21.2. The van der Waals surface area contributed by atoms with Crippen LogP contribution >= 0.6 is 7.14 Å². The lowest BCUT2D eigenvalue weighted by atomic mass is 9.91. The van der Waals surface area contributed by atoms with E-state index in [-0.39, 0.29) is 11.2 Å². The van der Waals surface area contributed by atoms with Gasteiger partial charge in [0.2, 0.25) is 0 Å². The lowest BCUT2D eigenvalue weighted by molar-refractivity contribution is -0.170. The Morgan fingerprint density at radius 2 is 1.79 bits per heavy atom. The molecule has 2 aromatic heterocycles. The first-order valence-corrected chi connectivity index (χ1v) is 13.2. The number of hydrogen-bond acceptors (Lipinski definition) is 6. The van der Waals surface area contributed by atoms with Crippen LogP contribution in [0, 0.1) is 12.7 Å². The number of benzene rings is 1. The van der Waals surface area contributed by atoms with Crippen LogP contribution in [-0.2, 0) is 10.5 Å². The Morgan fingerprint density at radius 1 is 1.15 bits per heavy atom. The molecule has 2 heterocycles. The highest BCUT2D eigenvalue weighted by molar-refractivity contribution is 7.71. The summed E-state index contributed by atoms with van der Waals surface area (Å²) in [4.78, 5) is 13.1. The van der Waals surface area contributed by atoms with Gasteiger partial charge < -0.3 is 15.0 Å². The molecule has 0 saturated heterocycles. The predicted molar refractivity (Wildman–Crippen MR) is 129 cm³/mol. The first-order valence-electron chi connectivity index (χ1n) is 10.9. The topological polar surface area (TPSA) is 88.0 Å². The standard InChI is InChI=1S/C24H30F3N4O2P/c1-13(2)34(7,33)20-11-17-19(12-28-20)30-15(4)31-22(17)29-14(3)16-9-8-10-18(21(16)25)24(26,27)23(5,6)32/h8-14,32H,1-7H3,(H,29,30,31)/t14-,34?/m1/s1. The fourth-order valence-electron chi connectivity index (χ4n) is 3.49. The number of aryl methyl sites for hydroxylation is 1. The number of nitrogens with zero attached hydrogens (tertiary/aromatic N) is 3. The van der Waals surface area contributed by atoms with Crippen molar-refractivity contribution in [2.24, 2.45) is 0 Å². The van der Waals surface area contributed by atoms with Gasteiger partial charge >= 0.3 is 5.92 Å². The van der Waals surface area contributed by atoms with Crippen LogP contribution in [-0.4, -0.2) is 38.0 Å². The third-order valence-corrected chi connectivity index (χ3v) is 9.20. The second kappa shape index (κ2) is 8.93. The quantitative estimate of drug-likeness (QED) is 0.420. The monoisotopic (exact) mass is 494 g/mol. The van der Waals surface area contributed by atoms with Crippen molar-refractivity contribution in [2.75, 3.05) is 12.0 Å². The number of rotatable bonds is 7. The second-order valence-corrected chi connectivity index (χ2v) is 12.9. The van der Waals surface area contributed by atoms with Crippen molar-refractivity contribution in [3.63, 3.8) is 0 Å². The minimum Gasteiger partial charge on any atom is -0.384 e. The van der Waals surface area contributed by atoms with Crippen molar-refractivity contribution < 1.29 is 22.8 Å². The molecule has 3 rings (SSSR count). The van der Waals surface area contributed by atoms with Gasteiger partial charge in [0.15, 0.2) is 0 Å². The van der Waals surface area contributed by atoms with E-state index in [1.807, 2.05) is 13.8 Å². The van der Waals surface area contributed by atoms with Crippen LogP contribution in [0.3, 0.4) is 0 Å². The van der Waals surface area contributed by atoms with Crippen molar-refractivity contribution in [1.82, 2.24) is 15.0 Å². The molecule has 3 aromatic rings. The Hall–Kier alpha value is -2.51. The summed E-state index contributed by atoms with van der Waals surface area (Å²) in [5.74, 6) is -4.13. The largest absolute Gasteiger partial charge is 0.384 e. The SMILES string of the molecule is Cc1nc(N[C@H](C)c2cccc(C(F)(F)C(C)(C)O)c2F)c2cc(P(C)(=O)C(C)C)ncc2n1. The maximum atomic E-state index is 15.2. The smallest absolute Gasteiger partial charge is 0.303 e. The van der Waals surface area contributed by atoms with Gasteiger partial charge in [-0.1, -0.05) is 26.0 Å². The summed E-state index contributed by atoms with van der Waals surface area (Å²) in [5.41, 5.74) is -2.52. The van der Waals surface area contributed by atoms with Crippen LogP contribution in [0.25, 0.3) is 10.9 Å². The molecule has 1 aromatic carbocycles. The molecular formula is C24H30F3N4O2P. The number of halogens is 3. The third kappa shape index (κ3) is 4.68. The number of hydrogen-bond donors (Lipinski definition) is 2. The minimum absolute atomic E-state index is 0.0107. The average molecular weight is 494 g/mol. The van der Waals surface area contributed by atoms with Crippen molar-refractivity contribution in [3.8, 4) is 0 Å². The summed E-state index contributed by atoms with van der Waals surface area (Å²) in [6.07, 6.45) is 1.53. The molecule has 0 saturated carbocycles. The van der Waals surface area contributed by atoms with Gasteiger partial charge in [-0.05, 0) is 46.5 Å². The van der Waals surface area contributed by atoms with Gasteiger partial charge in [0, 0.05) is 16.6 Å². The van der Waals surface area contributed by atoms with Gasteiger partial charge in [-0.2, -0.15) is 8.78 Å². The Kier molecular flexibility index (Phi) is 6.86. The number of pyridine rings is 1. The summed E-state index contributed by atoms with van der Waals surface area (Å²) in [5, 5.41) is 13.5. The van der Waals surface area contributed by atoms with Crippen molar-refractivity contribution in [3.05, 3.63) is 53.2 Å². The van der Waals surface area contributed by atoms with E-state index >= 15 is 4.39 Å². The van der Waals surface area contributed by atoms with Crippen LogP contribution in [0.5, 0.6) is 0 Å². The maximum absolute atomic E-state index is 15.2. The molecule has 0 bridgehead atoms. The number of alkyl halides is 2. The van der Waals surface area contributed by atoms with Gasteiger partial charge in [-0.25, -0.2) is 14.4 Å². The van der Waals surface area contributed by atoms with Crippen LogP contribution in [0.1, 0.15) is 57.6 Å². The van der Waals surface area contributed by atoms with Crippen LogP contribution in [0.2, 0.25) is 0 Å². The van der Waals surface area contributed by atoms with E-state index in [1.165, 1.54) is 18.3 Å². The van der Waals surface area contributed by atoms with E-state index in [2.05, 4.69) is 20.3 Å². The van der Waals surface area contributed by atoms with Crippen molar-refractivity contribution >= 4 is 29.3 Å². The summed E-state index contributed by atoms with van der Waals surface area (Å²) in [6, 6.07) is 4.60. The number of aliphatic hydroxyl groups is 1. The van der Waals surface area contributed by atoms with E-state index in [9.17, 15) is 18.5 Å². The summed E-state index contributed by atoms with van der Waals surface area (Å²) in [7, 11) is -2.76. The zero-order chi connectivity index (χ0) is 25.6. The fourth-order valence-corrected chi connectivity index (χ4v) is 4.70. The highest BCUT2D eigenvalue weighted by Crippen LogP contribution is 2.45. The molecule has 0 spiro atoms. The predicted octanol–water partition coefficient (Wildman–Crippen LogP) is 5.53. The minimum atomic E-state index is -3.80. The molecule has 10 heteroatoms. The molecule has 6 nitrogen and oxygen atoms in total. The van der Waals surface area contributed by atoms with Gasteiger partial charge in [0.1, 0.15) is 35.6 Å². The molecule has 184 valence electrons. The first kappa shape index (κ1) is 26.1. The van der Waals surface area contributed by atoms with Crippen LogP contribution in [0.4, 0.5) is 19.0 Å². The molecule has 34 heavy (non-hydrogen) atoms. The number of fused-ring (bicyclic) bond motifs is 1. The molecule has 0 aliphatic rings. The van der Waals surface area contributed by atoms with Crippen LogP contribution in [0.15, 0.2) is 30.5 Å². The summed E-state index contributed by atoms with van der Waals surface area (Å²) < 4.78 is 57.8. The Labute approximate surface area is 197 Å². The third-order valence-electron chi connectivity index (χ3n) is 6.07. The first-order chi connectivity index (χ1) is 15.6. The Balaban J connectivity index is 2.08. The second-order valence-electron chi connectivity index (χ2n) is 9.47. The fraction of sp³-hybridized carbons (Fsp3) is 0.458. The van der Waals surface area contributed by atoms with E-state index in [0.717, 1.165) is 19.9 Å². The average Bonchev–Trinajstić information content (AvgIpc) is 2.72. The molecule has 0 aliphatic carbocycles. The highest BCUT2D eigenvalue weighted by atomic mass is 31.2. The molecule has 0 aliphatic heterocycles. The normalized spacial score (nSPS) is 15.4. The van der Waals surface area contributed by atoms with Gasteiger partial charge in [-0.3, -0.25) is 4.98 Å². The molecule has 1 unspecified atom stereocenters. The van der Waals surface area contributed by atoms with Crippen molar-refractivity contribution in [1.29, 1.82) is 0 Å². The van der Waals surface area contributed by atoms with E-state index in [0.29, 0.717) is 28.0 Å². The number of anilines is 1. The lowest BCUT2D eigenvalue weighted by Gasteiger charge is -2.30. The summed E-state index contributed by atoms with van der Waals surface area (Å²) in [6.45, 7) is 10.6.